The number of hydrogen-bond acceptors (Lipinski definition) is 4. The Labute approximate surface area is 135 Å². The van der Waals surface area contributed by atoms with Crippen LogP contribution in [0.3, 0.4) is 0 Å². The van der Waals surface area contributed by atoms with E-state index in [0.717, 1.165) is 11.1 Å². The first kappa shape index (κ1) is 17.0. The van der Waals surface area contributed by atoms with Crippen molar-refractivity contribution in [3.05, 3.63) is 65.2 Å². The minimum atomic E-state index is -0.910. The molecule has 23 heavy (non-hydrogen) atoms. The molecule has 0 radical (unpaired) electrons. The van der Waals surface area contributed by atoms with Crippen molar-refractivity contribution < 1.29 is 18.7 Å². The van der Waals surface area contributed by atoms with Crippen LogP contribution in [0, 0.1) is 6.92 Å². The Morgan fingerprint density at radius 1 is 1.22 bits per heavy atom. The zero-order valence-corrected chi connectivity index (χ0v) is 13.0. The SMILES string of the molecule is Cc1ccc(OCCF)cc1C(N)C(=O)OCc1ccccc1. The third kappa shape index (κ3) is 4.79. The number of nitrogens with two attached hydrogens (primary N) is 1. The Bertz CT molecular complexity index is 646. The van der Waals surface area contributed by atoms with Crippen molar-refractivity contribution in [1.29, 1.82) is 0 Å². The van der Waals surface area contributed by atoms with Crippen LogP contribution in [0.2, 0.25) is 0 Å². The van der Waals surface area contributed by atoms with Gasteiger partial charge in [0.1, 0.15) is 31.7 Å². The smallest absolute Gasteiger partial charge is 0.327 e. The molecule has 0 heterocycles. The number of ether oxygens (including phenoxy) is 2. The molecular formula is C18H20FNO3. The number of aryl methyl sites for hydroxylation is 1. The van der Waals surface area contributed by atoms with Crippen LogP contribution in [-0.2, 0) is 16.1 Å². The number of benzene rings is 2. The first-order valence-electron chi connectivity index (χ1n) is 7.37. The van der Waals surface area contributed by atoms with Gasteiger partial charge < -0.3 is 15.2 Å². The Kier molecular flexibility index (Phi) is 6.11. The first-order valence-corrected chi connectivity index (χ1v) is 7.37. The van der Waals surface area contributed by atoms with E-state index in [9.17, 15) is 9.18 Å². The molecule has 1 atom stereocenters. The average Bonchev–Trinajstić information content (AvgIpc) is 2.59. The van der Waals surface area contributed by atoms with E-state index >= 15 is 0 Å². The molecule has 0 amide bonds. The molecule has 0 spiro atoms. The lowest BCUT2D eigenvalue weighted by Crippen LogP contribution is -2.24. The van der Waals surface area contributed by atoms with E-state index in [1.54, 1.807) is 18.2 Å². The summed E-state index contributed by atoms with van der Waals surface area (Å²) < 4.78 is 22.7. The van der Waals surface area contributed by atoms with Gasteiger partial charge in [-0.15, -0.1) is 0 Å². The molecular weight excluding hydrogens is 297 g/mol. The monoisotopic (exact) mass is 317 g/mol. The number of rotatable bonds is 7. The second-order valence-electron chi connectivity index (χ2n) is 5.13. The molecule has 0 fully saturated rings. The second-order valence-corrected chi connectivity index (χ2v) is 5.13. The van der Waals surface area contributed by atoms with Gasteiger partial charge in [-0.2, -0.15) is 0 Å². The third-order valence-corrected chi connectivity index (χ3v) is 3.41. The van der Waals surface area contributed by atoms with E-state index in [0.29, 0.717) is 11.3 Å². The summed E-state index contributed by atoms with van der Waals surface area (Å²) in [4.78, 5) is 12.1. The van der Waals surface area contributed by atoms with Gasteiger partial charge in [0.15, 0.2) is 0 Å². The molecule has 2 aromatic rings. The highest BCUT2D eigenvalue weighted by molar-refractivity contribution is 5.78. The number of carbonyl (C=O) groups is 1. The molecule has 122 valence electrons. The van der Waals surface area contributed by atoms with E-state index in [-0.39, 0.29) is 13.2 Å². The fourth-order valence-electron chi connectivity index (χ4n) is 2.15. The Hall–Kier alpha value is -2.40. The van der Waals surface area contributed by atoms with Crippen molar-refractivity contribution in [2.24, 2.45) is 5.73 Å². The number of halogens is 1. The lowest BCUT2D eigenvalue weighted by molar-refractivity contribution is -0.146. The quantitative estimate of drug-likeness (QED) is 0.797. The van der Waals surface area contributed by atoms with Crippen LogP contribution in [0.4, 0.5) is 4.39 Å². The number of carbonyl (C=O) groups excluding carboxylic acids is 1. The molecule has 4 nitrogen and oxygen atoms in total. The van der Waals surface area contributed by atoms with E-state index in [1.165, 1.54) is 0 Å². The molecule has 5 heteroatoms. The summed E-state index contributed by atoms with van der Waals surface area (Å²) in [7, 11) is 0. The van der Waals surface area contributed by atoms with Gasteiger partial charge in [0.2, 0.25) is 0 Å². The van der Waals surface area contributed by atoms with E-state index in [2.05, 4.69) is 0 Å². The number of alkyl halides is 1. The standard InChI is InChI=1S/C18H20FNO3/c1-13-7-8-15(22-10-9-19)11-16(13)17(20)18(21)23-12-14-5-3-2-4-6-14/h2-8,11,17H,9-10,12,20H2,1H3. The summed E-state index contributed by atoms with van der Waals surface area (Å²) in [5.74, 6) is -0.0332. The summed E-state index contributed by atoms with van der Waals surface area (Å²) in [5, 5.41) is 0. The van der Waals surface area contributed by atoms with Gasteiger partial charge in [0.05, 0.1) is 0 Å². The average molecular weight is 317 g/mol. The Balaban J connectivity index is 2.03. The molecule has 0 aliphatic carbocycles. The van der Waals surface area contributed by atoms with Gasteiger partial charge in [-0.25, -0.2) is 9.18 Å². The summed E-state index contributed by atoms with van der Waals surface area (Å²) in [6, 6.07) is 13.6. The molecule has 0 saturated heterocycles. The normalized spacial score (nSPS) is 11.8. The van der Waals surface area contributed by atoms with Gasteiger partial charge in [-0.3, -0.25) is 0 Å². The van der Waals surface area contributed by atoms with Crippen molar-refractivity contribution in [3.63, 3.8) is 0 Å². The molecule has 1 unspecified atom stereocenters. The first-order chi connectivity index (χ1) is 11.1. The predicted molar refractivity (Wildman–Crippen MR) is 85.8 cm³/mol. The predicted octanol–water partition coefficient (Wildman–Crippen LogP) is 3.09. The van der Waals surface area contributed by atoms with E-state index < -0.39 is 18.7 Å². The Morgan fingerprint density at radius 3 is 2.65 bits per heavy atom. The largest absolute Gasteiger partial charge is 0.491 e. The second kappa shape index (κ2) is 8.29. The molecule has 0 saturated carbocycles. The van der Waals surface area contributed by atoms with Crippen LogP contribution in [0.5, 0.6) is 5.75 Å². The van der Waals surface area contributed by atoms with Gasteiger partial charge in [0.25, 0.3) is 0 Å². The number of esters is 1. The van der Waals surface area contributed by atoms with Crippen LogP contribution in [0.1, 0.15) is 22.7 Å². The van der Waals surface area contributed by atoms with Crippen LogP contribution in [-0.4, -0.2) is 19.3 Å². The van der Waals surface area contributed by atoms with Crippen molar-refractivity contribution in [2.75, 3.05) is 13.3 Å². The van der Waals surface area contributed by atoms with Crippen molar-refractivity contribution in [1.82, 2.24) is 0 Å². The van der Waals surface area contributed by atoms with Gasteiger partial charge in [-0.05, 0) is 35.7 Å². The summed E-state index contributed by atoms with van der Waals surface area (Å²) in [5.41, 5.74) is 8.35. The maximum atomic E-state index is 12.2. The molecule has 0 aromatic heterocycles. The van der Waals surface area contributed by atoms with Gasteiger partial charge >= 0.3 is 5.97 Å². The zero-order chi connectivity index (χ0) is 16.7. The topological polar surface area (TPSA) is 61.5 Å². The van der Waals surface area contributed by atoms with Crippen LogP contribution in [0.15, 0.2) is 48.5 Å². The molecule has 2 N–H and O–H groups in total. The molecule has 2 rings (SSSR count). The lowest BCUT2D eigenvalue weighted by atomic mass is 10.0. The van der Waals surface area contributed by atoms with Crippen LogP contribution >= 0.6 is 0 Å². The molecule has 2 aromatic carbocycles. The summed E-state index contributed by atoms with van der Waals surface area (Å²) >= 11 is 0. The molecule has 0 bridgehead atoms. The summed E-state index contributed by atoms with van der Waals surface area (Å²) in [6.45, 7) is 1.41. The fraction of sp³-hybridized carbons (Fsp3) is 0.278. The third-order valence-electron chi connectivity index (χ3n) is 3.41. The minimum absolute atomic E-state index is 0.0316. The minimum Gasteiger partial charge on any atom is -0.491 e. The van der Waals surface area contributed by atoms with Crippen molar-refractivity contribution in [2.45, 2.75) is 19.6 Å². The van der Waals surface area contributed by atoms with Crippen LogP contribution < -0.4 is 10.5 Å². The fourth-order valence-corrected chi connectivity index (χ4v) is 2.15. The zero-order valence-electron chi connectivity index (χ0n) is 13.0. The Morgan fingerprint density at radius 2 is 1.96 bits per heavy atom. The van der Waals surface area contributed by atoms with E-state index in [4.69, 9.17) is 15.2 Å². The van der Waals surface area contributed by atoms with Gasteiger partial charge in [0, 0.05) is 0 Å². The highest BCUT2D eigenvalue weighted by Gasteiger charge is 2.20. The summed E-state index contributed by atoms with van der Waals surface area (Å²) in [6.07, 6.45) is 0. The maximum Gasteiger partial charge on any atom is 0.327 e. The number of hydrogen-bond donors (Lipinski definition) is 1. The maximum absolute atomic E-state index is 12.2. The lowest BCUT2D eigenvalue weighted by Gasteiger charge is -2.15. The molecule has 0 aliphatic rings. The highest BCUT2D eigenvalue weighted by atomic mass is 19.1. The van der Waals surface area contributed by atoms with Gasteiger partial charge in [-0.1, -0.05) is 36.4 Å². The molecule has 0 aliphatic heterocycles. The van der Waals surface area contributed by atoms with Crippen molar-refractivity contribution in [3.8, 4) is 5.75 Å². The van der Waals surface area contributed by atoms with Crippen molar-refractivity contribution >= 4 is 5.97 Å². The van der Waals surface area contributed by atoms with Crippen LogP contribution in [0.25, 0.3) is 0 Å². The van der Waals surface area contributed by atoms with E-state index in [1.807, 2.05) is 37.3 Å². The highest BCUT2D eigenvalue weighted by Crippen LogP contribution is 2.23.